The van der Waals surface area contributed by atoms with Crippen molar-refractivity contribution in [3.63, 3.8) is 0 Å². The summed E-state index contributed by atoms with van der Waals surface area (Å²) in [5, 5.41) is 16.5. The lowest BCUT2D eigenvalue weighted by Gasteiger charge is -2.21. The molecule has 1 aliphatic heterocycles. The van der Waals surface area contributed by atoms with Gasteiger partial charge in [0, 0.05) is 12.6 Å². The van der Waals surface area contributed by atoms with E-state index < -0.39 is 11.0 Å². The lowest BCUT2D eigenvalue weighted by atomic mass is 10.1. The summed E-state index contributed by atoms with van der Waals surface area (Å²) in [6, 6.07) is 4.19. The SMILES string of the molecule is O=C1NCCCC1Nc1nc2c([N+](=O)[O-])cccc2o1. The van der Waals surface area contributed by atoms with Gasteiger partial charge in [0.1, 0.15) is 6.04 Å². The Kier molecular flexibility index (Phi) is 2.97. The molecular formula is C12H12N4O4. The molecular weight excluding hydrogens is 264 g/mol. The van der Waals surface area contributed by atoms with Gasteiger partial charge in [-0.1, -0.05) is 6.07 Å². The Bertz CT molecular complexity index is 681. The first-order valence-corrected chi connectivity index (χ1v) is 6.23. The van der Waals surface area contributed by atoms with Crippen molar-refractivity contribution in [2.45, 2.75) is 18.9 Å². The first-order chi connectivity index (χ1) is 9.65. The molecule has 3 rings (SSSR count). The first-order valence-electron chi connectivity index (χ1n) is 6.23. The van der Waals surface area contributed by atoms with Gasteiger partial charge in [0.25, 0.3) is 11.7 Å². The highest BCUT2D eigenvalue weighted by atomic mass is 16.6. The molecule has 0 radical (unpaired) electrons. The number of nitrogens with one attached hydrogen (secondary N) is 2. The summed E-state index contributed by atoms with van der Waals surface area (Å²) in [7, 11) is 0. The second kappa shape index (κ2) is 4.80. The summed E-state index contributed by atoms with van der Waals surface area (Å²) >= 11 is 0. The zero-order valence-corrected chi connectivity index (χ0v) is 10.5. The van der Waals surface area contributed by atoms with Gasteiger partial charge in [-0.25, -0.2) is 0 Å². The van der Waals surface area contributed by atoms with E-state index >= 15 is 0 Å². The molecule has 1 aliphatic rings. The summed E-state index contributed by atoms with van der Waals surface area (Å²) in [5.41, 5.74) is 0.376. The average molecular weight is 276 g/mol. The summed E-state index contributed by atoms with van der Waals surface area (Å²) in [6.07, 6.45) is 1.54. The Labute approximate surface area is 113 Å². The van der Waals surface area contributed by atoms with Crippen LogP contribution in [0.15, 0.2) is 22.6 Å². The molecule has 1 unspecified atom stereocenters. The summed E-state index contributed by atoms with van der Waals surface area (Å²) in [5.74, 6) is -0.118. The van der Waals surface area contributed by atoms with Crippen LogP contribution in [0.2, 0.25) is 0 Å². The topological polar surface area (TPSA) is 110 Å². The van der Waals surface area contributed by atoms with Gasteiger partial charge in [0.2, 0.25) is 5.91 Å². The van der Waals surface area contributed by atoms with Crippen LogP contribution in [0.5, 0.6) is 0 Å². The van der Waals surface area contributed by atoms with Gasteiger partial charge in [-0.05, 0) is 18.9 Å². The number of nitro groups is 1. The van der Waals surface area contributed by atoms with Crippen LogP contribution in [0, 0.1) is 10.1 Å². The lowest BCUT2D eigenvalue weighted by molar-refractivity contribution is -0.383. The number of nitro benzene ring substituents is 1. The molecule has 1 aromatic heterocycles. The molecule has 1 aromatic carbocycles. The minimum atomic E-state index is -0.512. The second-order valence-corrected chi connectivity index (χ2v) is 4.53. The number of fused-ring (bicyclic) bond motifs is 1. The summed E-state index contributed by atoms with van der Waals surface area (Å²) in [4.78, 5) is 26.1. The van der Waals surface area contributed by atoms with Gasteiger partial charge < -0.3 is 15.1 Å². The molecule has 2 heterocycles. The van der Waals surface area contributed by atoms with Crippen LogP contribution >= 0.6 is 0 Å². The fraction of sp³-hybridized carbons (Fsp3) is 0.333. The van der Waals surface area contributed by atoms with E-state index in [0.717, 1.165) is 6.42 Å². The maximum absolute atomic E-state index is 11.6. The summed E-state index contributed by atoms with van der Waals surface area (Å²) < 4.78 is 5.40. The van der Waals surface area contributed by atoms with E-state index in [1.165, 1.54) is 12.1 Å². The average Bonchev–Trinajstić information content (AvgIpc) is 2.83. The van der Waals surface area contributed by atoms with E-state index in [2.05, 4.69) is 15.6 Å². The minimum Gasteiger partial charge on any atom is -0.423 e. The number of hydrogen-bond acceptors (Lipinski definition) is 6. The molecule has 1 atom stereocenters. The third-order valence-electron chi connectivity index (χ3n) is 3.18. The van der Waals surface area contributed by atoms with Gasteiger partial charge in [-0.3, -0.25) is 14.9 Å². The van der Waals surface area contributed by atoms with Gasteiger partial charge in [-0.2, -0.15) is 4.98 Å². The largest absolute Gasteiger partial charge is 0.423 e. The van der Waals surface area contributed by atoms with E-state index in [9.17, 15) is 14.9 Å². The molecule has 2 N–H and O–H groups in total. The number of carbonyl (C=O) groups is 1. The van der Waals surface area contributed by atoms with Crippen molar-refractivity contribution in [3.05, 3.63) is 28.3 Å². The van der Waals surface area contributed by atoms with E-state index in [4.69, 9.17) is 4.42 Å². The Morgan fingerprint density at radius 1 is 1.50 bits per heavy atom. The van der Waals surface area contributed by atoms with E-state index in [-0.39, 0.29) is 23.1 Å². The van der Waals surface area contributed by atoms with Crippen LogP contribution in [0.25, 0.3) is 11.1 Å². The maximum Gasteiger partial charge on any atom is 0.298 e. The molecule has 1 amide bonds. The molecule has 104 valence electrons. The molecule has 0 spiro atoms. The predicted molar refractivity (Wildman–Crippen MR) is 70.3 cm³/mol. The Hall–Kier alpha value is -2.64. The quantitative estimate of drug-likeness (QED) is 0.648. The predicted octanol–water partition coefficient (Wildman–Crippen LogP) is 1.43. The number of carbonyl (C=O) groups excluding carboxylic acids is 1. The lowest BCUT2D eigenvalue weighted by Crippen LogP contribution is -2.44. The standard InChI is InChI=1S/C12H12N4O4/c17-11-7(3-2-6-13-11)14-12-15-10-8(16(18)19)4-1-5-9(10)20-12/h1,4-5,7H,2-3,6H2,(H,13,17)(H,14,15). The van der Waals surface area contributed by atoms with Crippen molar-refractivity contribution in [2.24, 2.45) is 0 Å². The minimum absolute atomic E-state index is 0.118. The van der Waals surface area contributed by atoms with Crippen LogP contribution in [0.3, 0.4) is 0 Å². The highest BCUT2D eigenvalue weighted by Crippen LogP contribution is 2.27. The van der Waals surface area contributed by atoms with E-state index in [0.29, 0.717) is 18.5 Å². The first kappa shape index (κ1) is 12.4. The normalized spacial score (nSPS) is 18.8. The van der Waals surface area contributed by atoms with Gasteiger partial charge >= 0.3 is 0 Å². The van der Waals surface area contributed by atoms with Crippen LogP contribution in [0.4, 0.5) is 11.7 Å². The zero-order chi connectivity index (χ0) is 14.1. The number of anilines is 1. The molecule has 1 saturated heterocycles. The zero-order valence-electron chi connectivity index (χ0n) is 10.5. The molecule has 0 aliphatic carbocycles. The number of non-ortho nitro benzene ring substituents is 1. The Morgan fingerprint density at radius 2 is 2.35 bits per heavy atom. The molecule has 0 bridgehead atoms. The molecule has 8 heteroatoms. The van der Waals surface area contributed by atoms with Crippen molar-refractivity contribution in [3.8, 4) is 0 Å². The van der Waals surface area contributed by atoms with Crippen molar-refractivity contribution in [2.75, 3.05) is 11.9 Å². The van der Waals surface area contributed by atoms with Crippen molar-refractivity contribution < 1.29 is 14.1 Å². The second-order valence-electron chi connectivity index (χ2n) is 4.53. The monoisotopic (exact) mass is 276 g/mol. The third kappa shape index (κ3) is 2.15. The number of hydrogen-bond donors (Lipinski definition) is 2. The molecule has 2 aromatic rings. The van der Waals surface area contributed by atoms with Crippen LogP contribution < -0.4 is 10.6 Å². The number of oxazole rings is 1. The number of amides is 1. The molecule has 1 fully saturated rings. The van der Waals surface area contributed by atoms with Gasteiger partial charge in [0.15, 0.2) is 11.1 Å². The number of rotatable bonds is 3. The molecule has 20 heavy (non-hydrogen) atoms. The van der Waals surface area contributed by atoms with E-state index in [1.807, 2.05) is 0 Å². The Balaban J connectivity index is 1.91. The number of benzene rings is 1. The van der Waals surface area contributed by atoms with Crippen LogP contribution in [0.1, 0.15) is 12.8 Å². The van der Waals surface area contributed by atoms with Gasteiger partial charge in [-0.15, -0.1) is 0 Å². The van der Waals surface area contributed by atoms with Crippen LogP contribution in [-0.4, -0.2) is 28.4 Å². The van der Waals surface area contributed by atoms with Crippen molar-refractivity contribution in [1.29, 1.82) is 0 Å². The summed E-state index contributed by atoms with van der Waals surface area (Å²) in [6.45, 7) is 0.663. The highest BCUT2D eigenvalue weighted by molar-refractivity contribution is 5.86. The number of para-hydroxylation sites is 1. The Morgan fingerprint density at radius 3 is 3.10 bits per heavy atom. The highest BCUT2D eigenvalue weighted by Gasteiger charge is 2.24. The van der Waals surface area contributed by atoms with Crippen molar-refractivity contribution in [1.82, 2.24) is 10.3 Å². The molecule has 0 saturated carbocycles. The van der Waals surface area contributed by atoms with E-state index in [1.54, 1.807) is 6.07 Å². The number of nitrogens with zero attached hydrogens (tertiary/aromatic N) is 2. The number of aromatic nitrogens is 1. The number of piperidine rings is 1. The van der Waals surface area contributed by atoms with Crippen molar-refractivity contribution >= 4 is 28.7 Å². The fourth-order valence-corrected chi connectivity index (χ4v) is 2.20. The fourth-order valence-electron chi connectivity index (χ4n) is 2.20. The third-order valence-corrected chi connectivity index (χ3v) is 3.18. The maximum atomic E-state index is 11.6. The van der Waals surface area contributed by atoms with Crippen LogP contribution in [-0.2, 0) is 4.79 Å². The smallest absolute Gasteiger partial charge is 0.298 e. The molecule has 8 nitrogen and oxygen atoms in total. The van der Waals surface area contributed by atoms with Gasteiger partial charge in [0.05, 0.1) is 4.92 Å².